The van der Waals surface area contributed by atoms with Crippen LogP contribution < -0.4 is 10.2 Å². The van der Waals surface area contributed by atoms with Gasteiger partial charge < -0.3 is 15.3 Å². The highest BCUT2D eigenvalue weighted by molar-refractivity contribution is 5.62. The zero-order valence-corrected chi connectivity index (χ0v) is 21.6. The van der Waals surface area contributed by atoms with Crippen molar-refractivity contribution in [1.29, 1.82) is 0 Å². The van der Waals surface area contributed by atoms with Crippen molar-refractivity contribution in [3.05, 3.63) is 99.6 Å². The average molecular weight is 488 g/mol. The van der Waals surface area contributed by atoms with Gasteiger partial charge in [-0.25, -0.2) is 0 Å². The van der Waals surface area contributed by atoms with Gasteiger partial charge in [-0.05, 0) is 47.1 Å². The number of hydrogen-bond acceptors (Lipinski definition) is 5. The minimum Gasteiger partial charge on any atom is -0.388 e. The normalized spacial score (nSPS) is 18.9. The first-order valence-corrected chi connectivity index (χ1v) is 12.8. The summed E-state index contributed by atoms with van der Waals surface area (Å²) in [5.41, 5.74) is 5.15. The topological polar surface area (TPSA) is 78.6 Å². The van der Waals surface area contributed by atoms with Crippen LogP contribution in [-0.2, 0) is 6.54 Å². The number of rotatable bonds is 11. The van der Waals surface area contributed by atoms with Crippen molar-refractivity contribution < 1.29 is 10.0 Å². The number of anilines is 2. The van der Waals surface area contributed by atoms with Gasteiger partial charge in [0.2, 0.25) is 0 Å². The van der Waals surface area contributed by atoms with Crippen LogP contribution >= 0.6 is 0 Å². The van der Waals surface area contributed by atoms with Gasteiger partial charge >= 0.3 is 0 Å². The molecule has 2 unspecified atom stereocenters. The Bertz CT molecular complexity index is 1150. The van der Waals surface area contributed by atoms with E-state index in [-0.39, 0.29) is 16.7 Å². The molecule has 0 saturated heterocycles. The number of nitro groups is 1. The van der Waals surface area contributed by atoms with Crippen LogP contribution in [0.4, 0.5) is 17.1 Å². The lowest BCUT2D eigenvalue weighted by atomic mass is 9.92. The predicted octanol–water partition coefficient (Wildman–Crippen LogP) is 6.85. The van der Waals surface area contributed by atoms with Crippen LogP contribution in [0.15, 0.2) is 72.8 Å². The Kier molecular flexibility index (Phi) is 7.65. The minimum absolute atomic E-state index is 0.0203. The maximum atomic E-state index is 11.4. The highest BCUT2D eigenvalue weighted by Crippen LogP contribution is 2.44. The third-order valence-electron chi connectivity index (χ3n) is 7.19. The second-order valence-corrected chi connectivity index (χ2v) is 10.6. The molecule has 36 heavy (non-hydrogen) atoms. The van der Waals surface area contributed by atoms with Crippen molar-refractivity contribution in [2.45, 2.75) is 70.6 Å². The van der Waals surface area contributed by atoms with E-state index in [1.807, 2.05) is 18.2 Å². The number of non-ortho nitro benzene ring substituents is 1. The maximum Gasteiger partial charge on any atom is 0.269 e. The summed E-state index contributed by atoms with van der Waals surface area (Å²) in [4.78, 5) is 12.9. The van der Waals surface area contributed by atoms with Gasteiger partial charge in [0.1, 0.15) is 0 Å². The van der Waals surface area contributed by atoms with Gasteiger partial charge in [-0.2, -0.15) is 0 Å². The van der Waals surface area contributed by atoms with Crippen LogP contribution in [0.2, 0.25) is 0 Å². The van der Waals surface area contributed by atoms with Crippen LogP contribution in [0.1, 0.15) is 69.1 Å². The second-order valence-electron chi connectivity index (χ2n) is 10.6. The lowest BCUT2D eigenvalue weighted by molar-refractivity contribution is -0.384. The second kappa shape index (κ2) is 10.7. The lowest BCUT2D eigenvalue weighted by Gasteiger charge is -2.27. The predicted molar refractivity (Wildman–Crippen MR) is 147 cm³/mol. The van der Waals surface area contributed by atoms with E-state index in [1.54, 1.807) is 24.3 Å². The summed E-state index contributed by atoms with van der Waals surface area (Å²) in [5, 5.41) is 26.1. The Morgan fingerprint density at radius 3 is 2.14 bits per heavy atom. The van der Waals surface area contributed by atoms with E-state index in [1.165, 1.54) is 16.8 Å². The Morgan fingerprint density at radius 2 is 1.58 bits per heavy atom. The molecule has 4 rings (SSSR count). The van der Waals surface area contributed by atoms with Crippen LogP contribution in [0, 0.1) is 10.1 Å². The lowest BCUT2D eigenvalue weighted by Crippen LogP contribution is -2.30. The summed E-state index contributed by atoms with van der Waals surface area (Å²) in [6, 6.07) is 23.3. The molecule has 0 amide bonds. The first-order valence-electron chi connectivity index (χ1n) is 12.8. The first kappa shape index (κ1) is 25.7. The zero-order valence-electron chi connectivity index (χ0n) is 21.6. The molecule has 1 aliphatic carbocycles. The van der Waals surface area contributed by atoms with Crippen LogP contribution in [-0.4, -0.2) is 28.2 Å². The zero-order chi connectivity index (χ0) is 25.9. The number of para-hydroxylation sites is 2. The van der Waals surface area contributed by atoms with Gasteiger partial charge in [-0.15, -0.1) is 0 Å². The molecule has 0 aromatic heterocycles. The van der Waals surface area contributed by atoms with Crippen molar-refractivity contribution in [3.8, 4) is 0 Å². The van der Waals surface area contributed by atoms with E-state index in [0.717, 1.165) is 17.7 Å². The molecule has 0 aliphatic heterocycles. The van der Waals surface area contributed by atoms with Crippen molar-refractivity contribution in [3.63, 3.8) is 0 Å². The van der Waals surface area contributed by atoms with Gasteiger partial charge in [-0.1, -0.05) is 76.2 Å². The maximum absolute atomic E-state index is 11.4. The fourth-order valence-corrected chi connectivity index (χ4v) is 4.86. The molecule has 3 aromatic rings. The van der Waals surface area contributed by atoms with E-state index in [0.29, 0.717) is 31.3 Å². The molecule has 0 radical (unpaired) electrons. The summed E-state index contributed by atoms with van der Waals surface area (Å²) in [7, 11) is 0. The minimum atomic E-state index is -0.763. The molecule has 6 heteroatoms. The molecule has 2 N–H and O–H groups in total. The van der Waals surface area contributed by atoms with E-state index >= 15 is 0 Å². The molecule has 0 heterocycles. The summed E-state index contributed by atoms with van der Waals surface area (Å²) in [5.74, 6) is 0.793. The summed E-state index contributed by atoms with van der Waals surface area (Å²) < 4.78 is 0. The van der Waals surface area contributed by atoms with Crippen LogP contribution in [0.3, 0.4) is 0 Å². The number of nitrogens with one attached hydrogen (secondary N) is 1. The standard InChI is InChI=1S/C30H37N3O3/c1-21(2)26-11-8-12-27(22(3)4)29(26)31-28-19-30(28,34)17-18-32(24-9-6-5-7-10-24)20-23-13-15-25(16-14-23)33(35)36/h5-16,21-22,28,31,34H,17-20H2,1-4H3. The fraction of sp³-hybridized carbons (Fsp3) is 0.400. The number of hydrogen-bond donors (Lipinski definition) is 2. The quantitative estimate of drug-likeness (QED) is 0.228. The van der Waals surface area contributed by atoms with E-state index in [2.05, 4.69) is 68.2 Å². The van der Waals surface area contributed by atoms with Gasteiger partial charge in [0.05, 0.1) is 16.6 Å². The molecule has 1 fully saturated rings. The van der Waals surface area contributed by atoms with Crippen LogP contribution in [0.25, 0.3) is 0 Å². The smallest absolute Gasteiger partial charge is 0.269 e. The van der Waals surface area contributed by atoms with Gasteiger partial charge in [0.15, 0.2) is 0 Å². The van der Waals surface area contributed by atoms with Crippen LogP contribution in [0.5, 0.6) is 0 Å². The summed E-state index contributed by atoms with van der Waals surface area (Å²) >= 11 is 0. The molecular formula is C30H37N3O3. The number of benzene rings is 3. The number of nitrogens with zero attached hydrogens (tertiary/aromatic N) is 2. The Morgan fingerprint density at radius 1 is 0.972 bits per heavy atom. The van der Waals surface area contributed by atoms with E-state index in [9.17, 15) is 15.2 Å². The van der Waals surface area contributed by atoms with Crippen molar-refractivity contribution in [2.24, 2.45) is 0 Å². The van der Waals surface area contributed by atoms with E-state index < -0.39 is 5.60 Å². The molecular weight excluding hydrogens is 450 g/mol. The molecule has 3 aromatic carbocycles. The molecule has 0 bridgehead atoms. The Labute approximate surface area is 214 Å². The van der Waals surface area contributed by atoms with Gasteiger partial charge in [-0.3, -0.25) is 10.1 Å². The summed E-state index contributed by atoms with van der Waals surface area (Å²) in [6.45, 7) is 10.1. The van der Waals surface area contributed by atoms with Gasteiger partial charge in [0, 0.05) is 43.0 Å². The monoisotopic (exact) mass is 487 g/mol. The molecule has 190 valence electrons. The van der Waals surface area contributed by atoms with Gasteiger partial charge in [0.25, 0.3) is 5.69 Å². The highest BCUT2D eigenvalue weighted by Gasteiger charge is 2.53. The molecule has 2 atom stereocenters. The molecule has 1 saturated carbocycles. The molecule has 1 aliphatic rings. The summed E-state index contributed by atoms with van der Waals surface area (Å²) in [6.07, 6.45) is 1.35. The average Bonchev–Trinajstić information content (AvgIpc) is 3.51. The van der Waals surface area contributed by atoms with Crippen molar-refractivity contribution in [1.82, 2.24) is 0 Å². The molecule has 6 nitrogen and oxygen atoms in total. The Hall–Kier alpha value is -3.38. The van der Waals surface area contributed by atoms with Crippen molar-refractivity contribution >= 4 is 17.1 Å². The third kappa shape index (κ3) is 5.88. The SMILES string of the molecule is CC(C)c1cccc(C(C)C)c1NC1CC1(O)CCN(Cc1ccc([N+](=O)[O-])cc1)c1ccccc1. The van der Waals surface area contributed by atoms with E-state index in [4.69, 9.17) is 0 Å². The molecule has 0 spiro atoms. The fourth-order valence-electron chi connectivity index (χ4n) is 4.86. The Balaban J connectivity index is 1.47. The van der Waals surface area contributed by atoms with Crippen molar-refractivity contribution in [2.75, 3.05) is 16.8 Å². The number of aliphatic hydroxyl groups is 1. The highest BCUT2D eigenvalue weighted by atomic mass is 16.6. The number of nitro benzene ring substituents is 1. The first-order chi connectivity index (χ1) is 17.2. The largest absolute Gasteiger partial charge is 0.388 e. The third-order valence-corrected chi connectivity index (χ3v) is 7.19.